The van der Waals surface area contributed by atoms with E-state index in [9.17, 15) is 27.2 Å². The Hall–Kier alpha value is -6.93. The Balaban J connectivity index is 1.54. The zero-order valence-corrected chi connectivity index (χ0v) is 39.3. The molecule has 0 aliphatic carbocycles. The van der Waals surface area contributed by atoms with Crippen molar-refractivity contribution in [3.05, 3.63) is 149 Å². The molecule has 0 aromatic heterocycles. The van der Waals surface area contributed by atoms with Crippen molar-refractivity contribution in [1.82, 2.24) is 0 Å². The fraction of sp³-hybridized carbons (Fsp3) is 0.245. The van der Waals surface area contributed by atoms with Gasteiger partial charge in [-0.2, -0.15) is 0 Å². The van der Waals surface area contributed by atoms with Gasteiger partial charge in [0.15, 0.2) is 0 Å². The van der Waals surface area contributed by atoms with Crippen molar-refractivity contribution in [2.45, 2.75) is 58.0 Å². The number of allylic oxidation sites excluding steroid dienone is 4. The number of hydrogen-bond acceptors (Lipinski definition) is 9. The number of unbranched alkanes of at least 4 members (excludes halogenated alkanes) is 5. The Kier molecular flexibility index (Phi) is 20.4. The average molecular weight is 943 g/mol. The molecule has 5 rings (SSSR count). The molecule has 0 aliphatic rings. The number of aromatic hydroxyl groups is 1. The molecule has 0 spiro atoms. The van der Waals surface area contributed by atoms with Crippen LogP contribution in [0.2, 0.25) is 0 Å². The molecular weight excluding hydrogens is 889 g/mol. The van der Waals surface area contributed by atoms with Gasteiger partial charge in [0.2, 0.25) is 0 Å². The summed E-state index contributed by atoms with van der Waals surface area (Å²) in [6.45, 7) is 3.83. The molecule has 0 amide bonds. The standard InChI is InChI=1S/C53H54B3F4O9/c1-6-7-8-9-10-15-32-66-51-34-48(62)46(26-24-40(68-55(57)58)33-39(61)23-20-37-21-28-49(64-4)44-18-13-11-16-42(37)44)52(67-36-54)47(51)27-25-41(63-3)35-53(2,69-56(59)60)31-30-38-22-29-50(65-5)45-19-14-12-17-43(38)45/h11-14,16-31,33-36,62H,6-10,15,32H2,1-5H3/b23-20+,26-24+,27-25+,31-30+,40-33-,41-35-. The van der Waals surface area contributed by atoms with Gasteiger partial charge in [-0.1, -0.05) is 74.0 Å². The van der Waals surface area contributed by atoms with Crippen molar-refractivity contribution >= 4 is 80.2 Å². The Morgan fingerprint density at radius 1 is 0.696 bits per heavy atom. The molecule has 1 atom stereocenters. The van der Waals surface area contributed by atoms with Gasteiger partial charge in [-0.25, -0.2) is 0 Å². The second-order valence-corrected chi connectivity index (χ2v) is 15.7. The molecule has 0 heterocycles. The Labute approximate surface area is 402 Å². The summed E-state index contributed by atoms with van der Waals surface area (Å²) in [4.78, 5) is 13.2. The van der Waals surface area contributed by atoms with E-state index in [1.165, 1.54) is 56.6 Å². The number of rotatable bonds is 27. The maximum atomic E-state index is 14.1. The molecule has 0 saturated carbocycles. The minimum atomic E-state index is -3.31. The predicted molar refractivity (Wildman–Crippen MR) is 271 cm³/mol. The summed E-state index contributed by atoms with van der Waals surface area (Å²) >= 11 is 0. The Bertz CT molecular complexity index is 2730. The van der Waals surface area contributed by atoms with Crippen LogP contribution in [0.25, 0.3) is 45.8 Å². The van der Waals surface area contributed by atoms with Crippen LogP contribution in [-0.2, 0) is 18.8 Å². The van der Waals surface area contributed by atoms with Crippen molar-refractivity contribution < 1.29 is 60.2 Å². The third-order valence-electron chi connectivity index (χ3n) is 10.9. The van der Waals surface area contributed by atoms with E-state index in [4.69, 9.17) is 40.5 Å². The summed E-state index contributed by atoms with van der Waals surface area (Å²) in [6, 6.07) is 23.4. The first-order chi connectivity index (χ1) is 33.3. The first-order valence-electron chi connectivity index (χ1n) is 22.3. The van der Waals surface area contributed by atoms with Gasteiger partial charge in [-0.05, 0) is 22.9 Å². The first-order valence-corrected chi connectivity index (χ1v) is 22.3. The van der Waals surface area contributed by atoms with E-state index in [2.05, 4.69) is 6.92 Å². The van der Waals surface area contributed by atoms with Crippen LogP contribution < -0.4 is 18.9 Å². The average Bonchev–Trinajstić information content (AvgIpc) is 3.33. The van der Waals surface area contributed by atoms with Crippen LogP contribution in [-0.4, -0.2) is 73.0 Å². The zero-order valence-electron chi connectivity index (χ0n) is 39.3. The molecule has 16 heteroatoms. The fourth-order valence-corrected chi connectivity index (χ4v) is 7.53. The predicted octanol–water partition coefficient (Wildman–Crippen LogP) is 12.8. The SMILES string of the molecule is [B]=COc1c(/C=C/C(=C/C(=O)/C=C/c2ccc(OC)c3ccccc23)OB(F)F)c(O)cc(OCCCCCCCC)c1/C=C/C(=C/C(C)(/C=C/c1ccc(OC)c2ccccc12)OB(F)F)OC. The molecule has 0 fully saturated rings. The number of carbonyl (C=O) groups excluding carboxylic acids is 1. The molecule has 9 nitrogen and oxygen atoms in total. The Morgan fingerprint density at radius 2 is 1.28 bits per heavy atom. The molecule has 5 aromatic rings. The molecule has 5 aromatic carbocycles. The number of halogens is 4. The molecule has 0 saturated heterocycles. The fourth-order valence-electron chi connectivity index (χ4n) is 7.53. The van der Waals surface area contributed by atoms with Crippen molar-refractivity contribution in [2.75, 3.05) is 27.9 Å². The van der Waals surface area contributed by atoms with Crippen LogP contribution in [0.5, 0.6) is 28.7 Å². The maximum absolute atomic E-state index is 14.1. The van der Waals surface area contributed by atoms with Crippen molar-refractivity contribution in [1.29, 1.82) is 0 Å². The van der Waals surface area contributed by atoms with E-state index in [0.717, 1.165) is 77.5 Å². The number of ketones is 1. The topological polar surface area (TPSA) is 102 Å². The molecule has 1 radical (unpaired) electrons. The summed E-state index contributed by atoms with van der Waals surface area (Å²) in [5.41, 5.74) is -0.192. The summed E-state index contributed by atoms with van der Waals surface area (Å²) in [6.07, 6.45) is 20.1. The van der Waals surface area contributed by atoms with Crippen LogP contribution in [0.4, 0.5) is 17.3 Å². The number of phenols is 1. The molecule has 69 heavy (non-hydrogen) atoms. The van der Waals surface area contributed by atoms with Crippen LogP contribution in [0.3, 0.4) is 0 Å². The third kappa shape index (κ3) is 15.3. The molecule has 1 unspecified atom stereocenters. The number of ether oxygens (including phenoxy) is 5. The number of benzene rings is 5. The molecule has 1 N–H and O–H groups in total. The first kappa shape index (κ1) is 53.0. The van der Waals surface area contributed by atoms with Crippen LogP contribution >= 0.6 is 0 Å². The van der Waals surface area contributed by atoms with Gasteiger partial charge in [0.05, 0.1) is 14.2 Å². The van der Waals surface area contributed by atoms with Crippen LogP contribution in [0, 0.1) is 0 Å². The summed E-state index contributed by atoms with van der Waals surface area (Å²) in [7, 11) is 3.77. The van der Waals surface area contributed by atoms with E-state index in [-0.39, 0.29) is 35.0 Å². The number of phenolic OH excluding ortho intramolecular Hbond substituents is 1. The van der Waals surface area contributed by atoms with Gasteiger partial charge in [-0.3, -0.25) is 0 Å². The van der Waals surface area contributed by atoms with Gasteiger partial charge in [0, 0.05) is 10.8 Å². The monoisotopic (exact) mass is 943 g/mol. The second kappa shape index (κ2) is 26.6. The second-order valence-electron chi connectivity index (χ2n) is 15.7. The van der Waals surface area contributed by atoms with E-state index in [1.807, 2.05) is 48.5 Å². The molecular formula is C53H54B3F4O9. The van der Waals surface area contributed by atoms with Gasteiger partial charge in [-0.15, -0.1) is 0 Å². The van der Waals surface area contributed by atoms with Gasteiger partial charge < -0.3 is 9.47 Å². The molecule has 0 aliphatic heterocycles. The van der Waals surface area contributed by atoms with Crippen LogP contribution in [0.1, 0.15) is 74.6 Å². The number of hydrogen-bond donors (Lipinski definition) is 1. The van der Waals surface area contributed by atoms with E-state index in [0.29, 0.717) is 23.5 Å². The van der Waals surface area contributed by atoms with Gasteiger partial charge >= 0.3 is 261 Å². The van der Waals surface area contributed by atoms with Gasteiger partial charge in [0.25, 0.3) is 0 Å². The van der Waals surface area contributed by atoms with E-state index < -0.39 is 37.8 Å². The Morgan fingerprint density at radius 3 is 1.86 bits per heavy atom. The van der Waals surface area contributed by atoms with Crippen LogP contribution in [0.15, 0.2) is 127 Å². The summed E-state index contributed by atoms with van der Waals surface area (Å²) < 4.78 is 94.1. The number of carbonyl (C=O) groups is 1. The van der Waals surface area contributed by atoms with Gasteiger partial charge in [0.1, 0.15) is 11.5 Å². The zero-order chi connectivity index (χ0) is 49.8. The van der Waals surface area contributed by atoms with Crippen molar-refractivity contribution in [3.63, 3.8) is 0 Å². The normalized spacial score (nSPS) is 13.1. The van der Waals surface area contributed by atoms with E-state index >= 15 is 0 Å². The van der Waals surface area contributed by atoms with Crippen molar-refractivity contribution in [2.24, 2.45) is 0 Å². The quantitative estimate of drug-likeness (QED) is 0.0138. The minimum absolute atomic E-state index is 0.0665. The number of fused-ring (bicyclic) bond motifs is 2. The molecule has 0 bridgehead atoms. The van der Waals surface area contributed by atoms with E-state index in [1.54, 1.807) is 50.6 Å². The van der Waals surface area contributed by atoms with Crippen molar-refractivity contribution in [3.8, 4) is 28.7 Å². The summed E-state index contributed by atoms with van der Waals surface area (Å²) in [5, 5.41) is 14.7. The summed E-state index contributed by atoms with van der Waals surface area (Å²) in [5.74, 6) is -0.205. The third-order valence-corrected chi connectivity index (χ3v) is 10.9. The molecule has 357 valence electrons. The number of methoxy groups -OCH3 is 3.